The average molecular weight is 448 g/mol. The van der Waals surface area contributed by atoms with Crippen molar-refractivity contribution in [2.75, 3.05) is 25.4 Å². The number of nitrogens with one attached hydrogen (secondary N) is 1. The molecule has 1 aromatic carbocycles. The van der Waals surface area contributed by atoms with Gasteiger partial charge in [0.15, 0.2) is 9.84 Å². The van der Waals surface area contributed by atoms with Gasteiger partial charge >= 0.3 is 6.03 Å². The van der Waals surface area contributed by atoms with E-state index in [0.717, 1.165) is 29.7 Å². The number of amides is 4. The van der Waals surface area contributed by atoms with E-state index in [1.807, 2.05) is 19.1 Å². The van der Waals surface area contributed by atoms with Crippen LogP contribution in [0.4, 0.5) is 4.79 Å². The van der Waals surface area contributed by atoms with Crippen LogP contribution in [-0.2, 0) is 25.0 Å². The van der Waals surface area contributed by atoms with E-state index in [9.17, 15) is 22.8 Å². The zero-order valence-electron chi connectivity index (χ0n) is 18.0. The van der Waals surface area contributed by atoms with Gasteiger partial charge in [-0.05, 0) is 32.3 Å². The predicted octanol–water partition coefficient (Wildman–Crippen LogP) is 1.72. The molecule has 0 radical (unpaired) electrons. The molecule has 3 fully saturated rings. The lowest BCUT2D eigenvalue weighted by molar-refractivity contribution is -0.139. The predicted molar refractivity (Wildman–Crippen MR) is 115 cm³/mol. The Morgan fingerprint density at radius 2 is 1.74 bits per heavy atom. The van der Waals surface area contributed by atoms with Crippen LogP contribution in [0.2, 0.25) is 0 Å². The molecule has 2 saturated heterocycles. The van der Waals surface area contributed by atoms with Gasteiger partial charge in [0, 0.05) is 13.1 Å². The number of sulfone groups is 1. The molecule has 1 saturated carbocycles. The Hall–Kier alpha value is -2.42. The lowest BCUT2D eigenvalue weighted by atomic mass is 9.87. The summed E-state index contributed by atoms with van der Waals surface area (Å²) in [6.07, 6.45) is 3.80. The van der Waals surface area contributed by atoms with Crippen LogP contribution in [0.25, 0.3) is 0 Å². The Labute approximate surface area is 182 Å². The van der Waals surface area contributed by atoms with Gasteiger partial charge in [-0.15, -0.1) is 0 Å². The number of carbonyl (C=O) groups excluding carboxylic acids is 3. The highest BCUT2D eigenvalue weighted by Gasteiger charge is 2.52. The molecule has 1 atom stereocenters. The van der Waals surface area contributed by atoms with E-state index in [4.69, 9.17) is 0 Å². The lowest BCUT2D eigenvalue weighted by Crippen LogP contribution is -2.59. The van der Waals surface area contributed by atoms with Gasteiger partial charge < -0.3 is 10.2 Å². The second-order valence-electron chi connectivity index (χ2n) is 9.19. The fourth-order valence-electron chi connectivity index (χ4n) is 5.01. The second-order valence-corrected chi connectivity index (χ2v) is 11.7. The molecule has 31 heavy (non-hydrogen) atoms. The zero-order valence-corrected chi connectivity index (χ0v) is 18.8. The molecule has 1 N–H and O–H groups in total. The highest BCUT2D eigenvalue weighted by molar-refractivity contribution is 7.92. The molecule has 2 heterocycles. The third-order valence-corrected chi connectivity index (χ3v) is 9.66. The molecule has 168 valence electrons. The number of benzene rings is 1. The van der Waals surface area contributed by atoms with Crippen molar-refractivity contribution in [3.8, 4) is 0 Å². The quantitative estimate of drug-likeness (QED) is 0.711. The number of urea groups is 1. The molecule has 1 unspecified atom stereocenters. The second kappa shape index (κ2) is 7.62. The highest BCUT2D eigenvalue weighted by atomic mass is 32.2. The van der Waals surface area contributed by atoms with E-state index < -0.39 is 38.0 Å². The van der Waals surface area contributed by atoms with Crippen LogP contribution in [0.1, 0.15) is 50.2 Å². The van der Waals surface area contributed by atoms with Gasteiger partial charge in [0.1, 0.15) is 12.1 Å². The van der Waals surface area contributed by atoms with Gasteiger partial charge in [0.25, 0.3) is 5.91 Å². The van der Waals surface area contributed by atoms with Crippen molar-refractivity contribution in [3.05, 3.63) is 35.4 Å². The van der Waals surface area contributed by atoms with Gasteiger partial charge in [-0.2, -0.15) is 0 Å². The third-order valence-electron chi connectivity index (χ3n) is 7.08. The van der Waals surface area contributed by atoms with E-state index in [1.54, 1.807) is 19.1 Å². The Morgan fingerprint density at radius 3 is 2.39 bits per heavy atom. The summed E-state index contributed by atoms with van der Waals surface area (Å²) in [7, 11) is -3.27. The normalized spacial score (nSPS) is 27.4. The molecule has 0 bridgehead atoms. The first kappa shape index (κ1) is 21.8. The standard InChI is InChI=1S/C22H29N3O5S/c1-16-6-8-17(9-7-16)21(2)19(27)25(20(28)23-21)14-18(26)24-12-13-31(29,30)22(15-24)10-4-3-5-11-22/h6-9H,3-5,10-15H2,1-2H3,(H,23,28). The number of aryl methyl sites for hydroxylation is 1. The number of hydrogen-bond donors (Lipinski definition) is 1. The van der Waals surface area contributed by atoms with Crippen LogP contribution < -0.4 is 5.32 Å². The summed E-state index contributed by atoms with van der Waals surface area (Å²) in [6.45, 7) is 3.42. The smallest absolute Gasteiger partial charge is 0.325 e. The summed E-state index contributed by atoms with van der Waals surface area (Å²) in [6, 6.07) is 6.71. The van der Waals surface area contributed by atoms with E-state index in [2.05, 4.69) is 5.32 Å². The first-order chi connectivity index (χ1) is 14.6. The maximum Gasteiger partial charge on any atom is 0.325 e. The third kappa shape index (κ3) is 3.62. The maximum atomic E-state index is 13.1. The fraction of sp³-hybridized carbons (Fsp3) is 0.591. The van der Waals surface area contributed by atoms with Gasteiger partial charge in [-0.25, -0.2) is 13.2 Å². The van der Waals surface area contributed by atoms with Crippen molar-refractivity contribution in [1.29, 1.82) is 0 Å². The minimum absolute atomic E-state index is 0.0695. The Kier molecular flexibility index (Phi) is 5.36. The largest absolute Gasteiger partial charge is 0.339 e. The van der Waals surface area contributed by atoms with Crippen molar-refractivity contribution in [3.63, 3.8) is 0 Å². The Balaban J connectivity index is 1.50. The molecular formula is C22H29N3O5S. The van der Waals surface area contributed by atoms with Gasteiger partial charge in [-0.3, -0.25) is 14.5 Å². The van der Waals surface area contributed by atoms with Gasteiger partial charge in [0.05, 0.1) is 10.5 Å². The van der Waals surface area contributed by atoms with Crippen molar-refractivity contribution >= 4 is 27.7 Å². The van der Waals surface area contributed by atoms with E-state index >= 15 is 0 Å². The summed E-state index contributed by atoms with van der Waals surface area (Å²) in [5.74, 6) is -0.941. The Bertz CT molecular complexity index is 1010. The lowest BCUT2D eigenvalue weighted by Gasteiger charge is -2.44. The molecule has 1 aliphatic carbocycles. The average Bonchev–Trinajstić information content (AvgIpc) is 2.95. The molecule has 1 aromatic rings. The van der Waals surface area contributed by atoms with Crippen LogP contribution >= 0.6 is 0 Å². The summed E-state index contributed by atoms with van der Waals surface area (Å²) < 4.78 is 24.7. The molecule has 1 spiro atoms. The van der Waals surface area contributed by atoms with Crippen molar-refractivity contribution in [2.24, 2.45) is 0 Å². The van der Waals surface area contributed by atoms with Crippen molar-refractivity contribution < 1.29 is 22.8 Å². The van der Waals surface area contributed by atoms with E-state index in [-0.39, 0.29) is 25.4 Å². The molecule has 4 amide bonds. The molecule has 2 aliphatic heterocycles. The minimum Gasteiger partial charge on any atom is -0.339 e. The number of hydrogen-bond acceptors (Lipinski definition) is 5. The first-order valence-corrected chi connectivity index (χ1v) is 12.4. The number of rotatable bonds is 3. The van der Waals surface area contributed by atoms with Crippen molar-refractivity contribution in [2.45, 2.75) is 56.2 Å². The topological polar surface area (TPSA) is 104 Å². The SMILES string of the molecule is Cc1ccc(C2(C)NC(=O)N(CC(=O)N3CCS(=O)(=O)C4(CCCCC4)C3)C2=O)cc1. The van der Waals surface area contributed by atoms with Crippen LogP contribution in [0.15, 0.2) is 24.3 Å². The number of imide groups is 1. The highest BCUT2D eigenvalue weighted by Crippen LogP contribution is 2.39. The molecule has 9 heteroatoms. The van der Waals surface area contributed by atoms with Crippen LogP contribution in [0.5, 0.6) is 0 Å². The fourth-order valence-corrected chi connectivity index (χ4v) is 7.17. The summed E-state index contributed by atoms with van der Waals surface area (Å²) in [5.41, 5.74) is 0.449. The van der Waals surface area contributed by atoms with E-state index in [1.165, 1.54) is 4.90 Å². The van der Waals surface area contributed by atoms with Crippen LogP contribution in [-0.4, -0.2) is 66.2 Å². The minimum atomic E-state index is -3.27. The molecule has 4 rings (SSSR count). The summed E-state index contributed by atoms with van der Waals surface area (Å²) in [4.78, 5) is 41.2. The van der Waals surface area contributed by atoms with Crippen LogP contribution in [0.3, 0.4) is 0 Å². The molecule has 3 aliphatic rings. The molecule has 0 aromatic heterocycles. The molecular weight excluding hydrogens is 418 g/mol. The zero-order chi connectivity index (χ0) is 22.4. The van der Waals surface area contributed by atoms with Gasteiger partial charge in [0.2, 0.25) is 5.91 Å². The summed E-state index contributed by atoms with van der Waals surface area (Å²) >= 11 is 0. The summed E-state index contributed by atoms with van der Waals surface area (Å²) in [5, 5.41) is 2.71. The number of carbonyl (C=O) groups is 3. The number of nitrogens with zero attached hydrogens (tertiary/aromatic N) is 2. The van der Waals surface area contributed by atoms with Crippen molar-refractivity contribution in [1.82, 2.24) is 15.1 Å². The Morgan fingerprint density at radius 1 is 1.10 bits per heavy atom. The van der Waals surface area contributed by atoms with E-state index in [0.29, 0.717) is 18.4 Å². The van der Waals surface area contributed by atoms with Crippen LogP contribution in [0, 0.1) is 6.92 Å². The molecule has 8 nitrogen and oxygen atoms in total. The maximum absolute atomic E-state index is 13.1. The van der Waals surface area contributed by atoms with Gasteiger partial charge in [-0.1, -0.05) is 49.1 Å². The monoisotopic (exact) mass is 447 g/mol. The first-order valence-electron chi connectivity index (χ1n) is 10.8.